The summed E-state index contributed by atoms with van der Waals surface area (Å²) in [5.41, 5.74) is 12.4. The van der Waals surface area contributed by atoms with Crippen LogP contribution >= 0.6 is 11.3 Å². The Balaban J connectivity index is 1.01. The summed E-state index contributed by atoms with van der Waals surface area (Å²) in [4.78, 5) is 2.31. The van der Waals surface area contributed by atoms with E-state index in [4.69, 9.17) is 0 Å². The van der Waals surface area contributed by atoms with Gasteiger partial charge in [-0.1, -0.05) is 115 Å². The van der Waals surface area contributed by atoms with E-state index in [1.165, 1.54) is 61.1 Å². The van der Waals surface area contributed by atoms with E-state index in [1.54, 1.807) is 12.1 Å². The van der Waals surface area contributed by atoms with E-state index in [-0.39, 0.29) is 11.6 Å². The van der Waals surface area contributed by atoms with E-state index in [0.29, 0.717) is 10.8 Å². The predicted molar refractivity (Wildman–Crippen MR) is 245 cm³/mol. The number of halogens is 2. The number of thiophene rings is 1. The molecule has 2 heterocycles. The zero-order valence-corrected chi connectivity index (χ0v) is 32.5. The standard InChI is InChI=1S/C54H34F2N2S/c55-40-23-29-51-49(33-40)50-34-41(56)24-30-52(50)58(51)45-14-7-12-39(32-45)38-11-6-13-44(31-38)57(42-25-19-36(20-26-42)35-9-2-1-3-10-35)43-27-21-37(22-28-43)46-16-8-17-48-47-15-4-5-18-53(47)59-54(46)48/h1-34H. The summed E-state index contributed by atoms with van der Waals surface area (Å²) in [7, 11) is 0. The molecule has 11 rings (SSSR count). The van der Waals surface area contributed by atoms with Crippen molar-refractivity contribution in [2.75, 3.05) is 4.90 Å². The number of hydrogen-bond acceptors (Lipinski definition) is 2. The lowest BCUT2D eigenvalue weighted by molar-refractivity contribution is 0.628. The van der Waals surface area contributed by atoms with Crippen LogP contribution in [-0.2, 0) is 0 Å². The van der Waals surface area contributed by atoms with Gasteiger partial charge in [0.1, 0.15) is 11.6 Å². The molecule has 0 unspecified atom stereocenters. The lowest BCUT2D eigenvalue weighted by Gasteiger charge is -2.26. The van der Waals surface area contributed by atoms with Gasteiger partial charge in [-0.05, 0) is 124 Å². The van der Waals surface area contributed by atoms with Gasteiger partial charge in [-0.2, -0.15) is 0 Å². The monoisotopic (exact) mass is 780 g/mol. The summed E-state index contributed by atoms with van der Waals surface area (Å²) in [5, 5.41) is 3.93. The van der Waals surface area contributed by atoms with E-state index in [0.717, 1.165) is 50.5 Å². The molecule has 0 bridgehead atoms. The first kappa shape index (κ1) is 34.9. The molecule has 0 spiro atoms. The average Bonchev–Trinajstić information content (AvgIpc) is 3.83. The Kier molecular flexibility index (Phi) is 8.42. The van der Waals surface area contributed by atoms with E-state index in [9.17, 15) is 8.78 Å². The second-order valence-corrected chi connectivity index (χ2v) is 15.9. The van der Waals surface area contributed by atoms with Crippen LogP contribution in [-0.4, -0.2) is 4.57 Å². The number of nitrogens with zero attached hydrogens (tertiary/aromatic N) is 2. The van der Waals surface area contributed by atoms with Gasteiger partial charge in [0, 0.05) is 53.7 Å². The van der Waals surface area contributed by atoms with Gasteiger partial charge in [0.05, 0.1) is 11.0 Å². The van der Waals surface area contributed by atoms with Crippen molar-refractivity contribution < 1.29 is 8.78 Å². The van der Waals surface area contributed by atoms with Crippen molar-refractivity contribution in [2.45, 2.75) is 0 Å². The number of benzene rings is 9. The van der Waals surface area contributed by atoms with E-state index in [1.807, 2.05) is 29.5 Å². The van der Waals surface area contributed by atoms with Crippen LogP contribution in [0.3, 0.4) is 0 Å². The molecule has 0 aliphatic heterocycles. The predicted octanol–water partition coefficient (Wildman–Crippen LogP) is 15.9. The Morgan fingerprint density at radius 2 is 0.932 bits per heavy atom. The van der Waals surface area contributed by atoms with Crippen molar-refractivity contribution in [3.05, 3.63) is 218 Å². The fraction of sp³-hybridized carbons (Fsp3) is 0. The minimum atomic E-state index is -0.353. The molecule has 59 heavy (non-hydrogen) atoms. The molecule has 0 aliphatic rings. The highest BCUT2D eigenvalue weighted by atomic mass is 32.1. The Morgan fingerprint density at radius 1 is 0.373 bits per heavy atom. The van der Waals surface area contributed by atoms with Crippen molar-refractivity contribution in [1.82, 2.24) is 4.57 Å². The van der Waals surface area contributed by atoms with E-state index in [2.05, 4.69) is 161 Å². The lowest BCUT2D eigenvalue weighted by Crippen LogP contribution is -2.10. The van der Waals surface area contributed by atoms with Gasteiger partial charge in [0.15, 0.2) is 0 Å². The minimum Gasteiger partial charge on any atom is -0.310 e. The number of rotatable bonds is 7. The maximum Gasteiger partial charge on any atom is 0.123 e. The average molecular weight is 781 g/mol. The highest BCUT2D eigenvalue weighted by molar-refractivity contribution is 7.26. The fourth-order valence-corrected chi connectivity index (χ4v) is 9.78. The van der Waals surface area contributed by atoms with Crippen molar-refractivity contribution in [3.63, 3.8) is 0 Å². The second kappa shape index (κ2) is 14.2. The van der Waals surface area contributed by atoms with Crippen molar-refractivity contribution >= 4 is 70.4 Å². The molecule has 2 aromatic heterocycles. The first-order valence-corrected chi connectivity index (χ1v) is 20.4. The molecule has 0 atom stereocenters. The summed E-state index contributed by atoms with van der Waals surface area (Å²) in [6.07, 6.45) is 0. The third-order valence-corrected chi connectivity index (χ3v) is 12.5. The third-order valence-electron chi connectivity index (χ3n) is 11.3. The number of fused-ring (bicyclic) bond motifs is 6. The summed E-state index contributed by atoms with van der Waals surface area (Å²) >= 11 is 1.85. The fourth-order valence-electron chi connectivity index (χ4n) is 8.54. The van der Waals surface area contributed by atoms with Gasteiger partial charge in [0.2, 0.25) is 0 Å². The van der Waals surface area contributed by atoms with Gasteiger partial charge < -0.3 is 9.47 Å². The number of hydrogen-bond donors (Lipinski definition) is 0. The van der Waals surface area contributed by atoms with Crippen LogP contribution in [0.5, 0.6) is 0 Å². The zero-order chi connectivity index (χ0) is 39.5. The van der Waals surface area contributed by atoms with Crippen LogP contribution in [0.2, 0.25) is 0 Å². The molecule has 0 radical (unpaired) electrons. The van der Waals surface area contributed by atoms with Crippen LogP contribution in [0.15, 0.2) is 206 Å². The molecule has 9 aromatic carbocycles. The van der Waals surface area contributed by atoms with E-state index >= 15 is 0 Å². The number of anilines is 3. The molecule has 0 saturated heterocycles. The van der Waals surface area contributed by atoms with Gasteiger partial charge in [-0.15, -0.1) is 11.3 Å². The smallest absolute Gasteiger partial charge is 0.123 e. The SMILES string of the molecule is Fc1ccc2c(c1)c1cc(F)ccc1n2-c1cccc(-c2cccc(N(c3ccc(-c4ccccc4)cc3)c3ccc(-c4cccc5c4sc4ccccc45)cc3)c2)c1. The van der Waals surface area contributed by atoms with Gasteiger partial charge in [-0.25, -0.2) is 8.78 Å². The largest absolute Gasteiger partial charge is 0.310 e. The Bertz CT molecular complexity index is 3290. The van der Waals surface area contributed by atoms with Crippen LogP contribution in [0.4, 0.5) is 25.8 Å². The molecular formula is C54H34F2N2S. The Labute approximate surface area is 344 Å². The van der Waals surface area contributed by atoms with Crippen LogP contribution in [0.1, 0.15) is 0 Å². The first-order valence-electron chi connectivity index (χ1n) is 19.6. The Morgan fingerprint density at radius 3 is 1.64 bits per heavy atom. The normalized spacial score (nSPS) is 11.6. The molecule has 11 aromatic rings. The minimum absolute atomic E-state index is 0.353. The molecule has 280 valence electrons. The van der Waals surface area contributed by atoms with Crippen LogP contribution in [0.25, 0.3) is 81.0 Å². The molecule has 0 N–H and O–H groups in total. The summed E-state index contributed by atoms with van der Waals surface area (Å²) in [6.45, 7) is 0. The second-order valence-electron chi connectivity index (χ2n) is 14.8. The highest BCUT2D eigenvalue weighted by Crippen LogP contribution is 2.42. The van der Waals surface area contributed by atoms with Crippen molar-refractivity contribution in [3.8, 4) is 39.1 Å². The molecule has 5 heteroatoms. The number of aromatic nitrogens is 1. The molecule has 2 nitrogen and oxygen atoms in total. The summed E-state index contributed by atoms with van der Waals surface area (Å²) in [5.74, 6) is -0.706. The molecule has 0 saturated carbocycles. The zero-order valence-electron chi connectivity index (χ0n) is 31.7. The third kappa shape index (κ3) is 6.15. The van der Waals surface area contributed by atoms with Gasteiger partial charge in [0.25, 0.3) is 0 Å². The molecule has 0 aliphatic carbocycles. The highest BCUT2D eigenvalue weighted by Gasteiger charge is 2.18. The van der Waals surface area contributed by atoms with Crippen molar-refractivity contribution in [2.24, 2.45) is 0 Å². The first-order chi connectivity index (χ1) is 29.1. The lowest BCUT2D eigenvalue weighted by atomic mass is 10.0. The maximum atomic E-state index is 14.5. The summed E-state index contributed by atoms with van der Waals surface area (Å²) < 4.78 is 33.7. The van der Waals surface area contributed by atoms with Gasteiger partial charge in [-0.3, -0.25) is 0 Å². The van der Waals surface area contributed by atoms with Crippen LogP contribution < -0.4 is 4.90 Å². The van der Waals surface area contributed by atoms with Crippen LogP contribution in [0, 0.1) is 11.6 Å². The topological polar surface area (TPSA) is 8.17 Å². The quantitative estimate of drug-likeness (QED) is 0.156. The Hall–Kier alpha value is -7.34. The summed E-state index contributed by atoms with van der Waals surface area (Å²) in [6, 6.07) is 69.7. The molecule has 0 amide bonds. The van der Waals surface area contributed by atoms with Gasteiger partial charge >= 0.3 is 0 Å². The molecule has 0 fully saturated rings. The maximum absolute atomic E-state index is 14.5. The molecular weight excluding hydrogens is 747 g/mol. The van der Waals surface area contributed by atoms with Crippen molar-refractivity contribution in [1.29, 1.82) is 0 Å². The van der Waals surface area contributed by atoms with E-state index < -0.39 is 0 Å².